The minimum absolute atomic E-state index is 0.155. The van der Waals surface area contributed by atoms with Gasteiger partial charge in [0.05, 0.1) is 5.56 Å². The number of nitrogens with one attached hydrogen (secondary N) is 1. The number of hydrogen-bond donors (Lipinski definition) is 1. The highest BCUT2D eigenvalue weighted by molar-refractivity contribution is 6.30. The Kier molecular flexibility index (Phi) is 3.97. The summed E-state index contributed by atoms with van der Waals surface area (Å²) in [5, 5.41) is 3.58. The largest absolute Gasteiger partial charge is 0.454 e. The highest BCUT2D eigenvalue weighted by Crippen LogP contribution is 2.35. The molecule has 0 aromatic heterocycles. The second kappa shape index (κ2) is 6.06. The van der Waals surface area contributed by atoms with Gasteiger partial charge in [-0.3, -0.25) is 4.79 Å². The molecule has 1 heterocycles. The molecule has 0 saturated heterocycles. The quantitative estimate of drug-likeness (QED) is 0.944. The number of carbonyl (C=O) groups is 1. The third-order valence-corrected chi connectivity index (χ3v) is 3.46. The summed E-state index contributed by atoms with van der Waals surface area (Å²) in [5.74, 6) is 0.953. The standard InChI is InChI=1S/C16H14ClNO3/c17-12-4-1-3-11(9-12)7-8-18-16(19)13-5-2-6-14-15(13)21-10-20-14/h1-6,9H,7-8,10H2,(H,18,19). The molecule has 0 bridgehead atoms. The molecule has 0 spiro atoms. The van der Waals surface area contributed by atoms with E-state index in [2.05, 4.69) is 5.32 Å². The summed E-state index contributed by atoms with van der Waals surface area (Å²) in [4.78, 5) is 12.2. The molecule has 108 valence electrons. The van der Waals surface area contributed by atoms with E-state index in [-0.39, 0.29) is 12.7 Å². The first-order valence-electron chi connectivity index (χ1n) is 6.65. The van der Waals surface area contributed by atoms with Gasteiger partial charge in [0.15, 0.2) is 11.5 Å². The van der Waals surface area contributed by atoms with Crippen LogP contribution in [-0.2, 0) is 6.42 Å². The van der Waals surface area contributed by atoms with Crippen LogP contribution in [0.25, 0.3) is 0 Å². The number of ether oxygens (including phenoxy) is 2. The zero-order chi connectivity index (χ0) is 14.7. The van der Waals surface area contributed by atoms with Crippen LogP contribution in [-0.4, -0.2) is 19.2 Å². The molecular weight excluding hydrogens is 290 g/mol. The summed E-state index contributed by atoms with van der Waals surface area (Å²) >= 11 is 5.93. The van der Waals surface area contributed by atoms with E-state index < -0.39 is 0 Å². The highest BCUT2D eigenvalue weighted by atomic mass is 35.5. The van der Waals surface area contributed by atoms with E-state index in [1.807, 2.05) is 24.3 Å². The third kappa shape index (κ3) is 3.11. The molecule has 1 aliphatic rings. The molecule has 2 aromatic rings. The summed E-state index contributed by atoms with van der Waals surface area (Å²) in [6.45, 7) is 0.686. The lowest BCUT2D eigenvalue weighted by molar-refractivity contribution is 0.0949. The van der Waals surface area contributed by atoms with Crippen molar-refractivity contribution in [3.8, 4) is 11.5 Å². The van der Waals surface area contributed by atoms with E-state index >= 15 is 0 Å². The van der Waals surface area contributed by atoms with Gasteiger partial charge < -0.3 is 14.8 Å². The molecule has 0 fully saturated rings. The molecule has 3 rings (SSSR count). The fraction of sp³-hybridized carbons (Fsp3) is 0.188. The van der Waals surface area contributed by atoms with E-state index in [4.69, 9.17) is 21.1 Å². The van der Waals surface area contributed by atoms with E-state index in [0.29, 0.717) is 28.6 Å². The number of hydrogen-bond acceptors (Lipinski definition) is 3. The molecule has 0 radical (unpaired) electrons. The van der Waals surface area contributed by atoms with Crippen molar-refractivity contribution < 1.29 is 14.3 Å². The maximum absolute atomic E-state index is 12.2. The number of amides is 1. The maximum Gasteiger partial charge on any atom is 0.255 e. The van der Waals surface area contributed by atoms with Gasteiger partial charge in [0.25, 0.3) is 5.91 Å². The molecule has 0 saturated carbocycles. The fourth-order valence-corrected chi connectivity index (χ4v) is 2.43. The average Bonchev–Trinajstić information content (AvgIpc) is 2.95. The van der Waals surface area contributed by atoms with Crippen molar-refractivity contribution in [1.29, 1.82) is 0 Å². The molecule has 1 N–H and O–H groups in total. The van der Waals surface area contributed by atoms with Gasteiger partial charge in [0.1, 0.15) is 0 Å². The first-order chi connectivity index (χ1) is 10.2. The van der Waals surface area contributed by atoms with Crippen LogP contribution in [0.3, 0.4) is 0 Å². The molecule has 21 heavy (non-hydrogen) atoms. The van der Waals surface area contributed by atoms with E-state index in [0.717, 1.165) is 12.0 Å². The SMILES string of the molecule is O=C(NCCc1cccc(Cl)c1)c1cccc2c1OCO2. The van der Waals surface area contributed by atoms with Gasteiger partial charge in [0.2, 0.25) is 6.79 Å². The van der Waals surface area contributed by atoms with Gasteiger partial charge in [-0.1, -0.05) is 29.8 Å². The third-order valence-electron chi connectivity index (χ3n) is 3.23. The van der Waals surface area contributed by atoms with Gasteiger partial charge in [-0.25, -0.2) is 0 Å². The first-order valence-corrected chi connectivity index (χ1v) is 7.03. The zero-order valence-corrected chi connectivity index (χ0v) is 12.0. The molecule has 1 aliphatic heterocycles. The van der Waals surface area contributed by atoms with Crippen molar-refractivity contribution >= 4 is 17.5 Å². The summed E-state index contributed by atoms with van der Waals surface area (Å²) in [5.41, 5.74) is 1.58. The molecule has 1 amide bonds. The number of carbonyl (C=O) groups excluding carboxylic acids is 1. The van der Waals surface area contributed by atoms with Gasteiger partial charge >= 0.3 is 0 Å². The molecule has 0 aliphatic carbocycles. The first kappa shape index (κ1) is 13.8. The Morgan fingerprint density at radius 1 is 1.19 bits per heavy atom. The van der Waals surface area contributed by atoms with Crippen molar-refractivity contribution in [2.75, 3.05) is 13.3 Å². The van der Waals surface area contributed by atoms with Crippen LogP contribution in [0.4, 0.5) is 0 Å². The molecule has 5 heteroatoms. The lowest BCUT2D eigenvalue weighted by Crippen LogP contribution is -2.26. The number of halogens is 1. The second-order valence-electron chi connectivity index (χ2n) is 4.68. The fourth-order valence-electron chi connectivity index (χ4n) is 2.22. The van der Waals surface area contributed by atoms with Crippen molar-refractivity contribution in [2.24, 2.45) is 0 Å². The van der Waals surface area contributed by atoms with Crippen LogP contribution in [0.2, 0.25) is 5.02 Å². The van der Waals surface area contributed by atoms with Crippen LogP contribution in [0.1, 0.15) is 15.9 Å². The predicted octanol–water partition coefficient (Wildman–Crippen LogP) is 3.04. The van der Waals surface area contributed by atoms with Crippen molar-refractivity contribution in [3.63, 3.8) is 0 Å². The normalized spacial score (nSPS) is 12.2. The highest BCUT2D eigenvalue weighted by Gasteiger charge is 2.21. The number of para-hydroxylation sites is 1. The smallest absolute Gasteiger partial charge is 0.255 e. The van der Waals surface area contributed by atoms with Crippen LogP contribution < -0.4 is 14.8 Å². The Balaban J connectivity index is 1.61. The van der Waals surface area contributed by atoms with Gasteiger partial charge in [-0.15, -0.1) is 0 Å². The molecular formula is C16H14ClNO3. The van der Waals surface area contributed by atoms with Crippen LogP contribution in [0, 0.1) is 0 Å². The summed E-state index contributed by atoms with van der Waals surface area (Å²) in [6, 6.07) is 12.9. The number of rotatable bonds is 4. The van der Waals surface area contributed by atoms with Crippen molar-refractivity contribution in [1.82, 2.24) is 5.32 Å². The van der Waals surface area contributed by atoms with E-state index in [1.165, 1.54) is 0 Å². The molecule has 4 nitrogen and oxygen atoms in total. The second-order valence-corrected chi connectivity index (χ2v) is 5.11. The van der Waals surface area contributed by atoms with Gasteiger partial charge in [-0.2, -0.15) is 0 Å². The Morgan fingerprint density at radius 3 is 2.90 bits per heavy atom. The monoisotopic (exact) mass is 303 g/mol. The Labute approximate surface area is 127 Å². The van der Waals surface area contributed by atoms with E-state index in [9.17, 15) is 4.79 Å². The van der Waals surface area contributed by atoms with Crippen LogP contribution in [0.15, 0.2) is 42.5 Å². The molecule has 2 aromatic carbocycles. The summed E-state index contributed by atoms with van der Waals surface area (Å²) in [7, 11) is 0. The Hall–Kier alpha value is -2.20. The lowest BCUT2D eigenvalue weighted by atomic mass is 10.1. The van der Waals surface area contributed by atoms with Crippen molar-refractivity contribution in [2.45, 2.75) is 6.42 Å². The molecule has 0 unspecified atom stereocenters. The number of fused-ring (bicyclic) bond motifs is 1. The minimum atomic E-state index is -0.167. The topological polar surface area (TPSA) is 47.6 Å². The summed E-state index contributed by atoms with van der Waals surface area (Å²) in [6.07, 6.45) is 0.721. The lowest BCUT2D eigenvalue weighted by Gasteiger charge is -2.07. The zero-order valence-electron chi connectivity index (χ0n) is 11.3. The van der Waals surface area contributed by atoms with Gasteiger partial charge in [0, 0.05) is 11.6 Å². The Bertz CT molecular complexity index is 672. The minimum Gasteiger partial charge on any atom is -0.454 e. The van der Waals surface area contributed by atoms with E-state index in [1.54, 1.807) is 18.2 Å². The van der Waals surface area contributed by atoms with Gasteiger partial charge in [-0.05, 0) is 36.2 Å². The van der Waals surface area contributed by atoms with Crippen LogP contribution >= 0.6 is 11.6 Å². The number of benzene rings is 2. The predicted molar refractivity (Wildman–Crippen MR) is 80.1 cm³/mol. The maximum atomic E-state index is 12.2. The summed E-state index contributed by atoms with van der Waals surface area (Å²) < 4.78 is 10.6. The molecule has 0 atom stereocenters. The Morgan fingerprint density at radius 2 is 2.05 bits per heavy atom. The van der Waals surface area contributed by atoms with Crippen LogP contribution in [0.5, 0.6) is 11.5 Å². The van der Waals surface area contributed by atoms with Crippen molar-refractivity contribution in [3.05, 3.63) is 58.6 Å². The average molecular weight is 304 g/mol.